The number of aromatic nitrogens is 2. The minimum Gasteiger partial charge on any atom is -0.383 e. The van der Waals surface area contributed by atoms with Crippen LogP contribution in [0.1, 0.15) is 47.3 Å². The number of carbonyl (C=O) groups excluding carboxylic acids is 2. The number of likely N-dealkylation sites (tertiary alicyclic amines) is 1. The van der Waals surface area contributed by atoms with Crippen LogP contribution in [-0.4, -0.2) is 63.3 Å². The first-order chi connectivity index (χ1) is 16.4. The fourth-order valence-corrected chi connectivity index (χ4v) is 5.48. The smallest absolute Gasteiger partial charge is 0.383 e. The van der Waals surface area contributed by atoms with E-state index in [4.69, 9.17) is 0 Å². The first-order valence-electron chi connectivity index (χ1n) is 11.4. The van der Waals surface area contributed by atoms with Gasteiger partial charge >= 0.3 is 6.18 Å². The Morgan fingerprint density at radius 2 is 1.94 bits per heavy atom. The molecule has 0 atom stereocenters. The second-order valence-electron chi connectivity index (χ2n) is 9.24. The molecule has 8 nitrogen and oxygen atoms in total. The Morgan fingerprint density at radius 3 is 2.54 bits per heavy atom. The molecule has 3 N–H and O–H groups in total. The zero-order valence-corrected chi connectivity index (χ0v) is 20.7. The average Bonchev–Trinajstić information content (AvgIpc) is 3.13. The molecule has 0 radical (unpaired) electrons. The van der Waals surface area contributed by atoms with E-state index in [9.17, 15) is 27.9 Å². The Hall–Kier alpha value is -2.44. The maximum Gasteiger partial charge on any atom is 0.416 e. The second kappa shape index (κ2) is 9.90. The summed E-state index contributed by atoms with van der Waals surface area (Å²) in [6.07, 6.45) is 0.103. The summed E-state index contributed by atoms with van der Waals surface area (Å²) in [5.41, 5.74) is -1.36. The molecular formula is C23H27BrF3N5O3. The van der Waals surface area contributed by atoms with Crippen LogP contribution in [0.4, 0.5) is 13.2 Å². The average molecular weight is 558 g/mol. The van der Waals surface area contributed by atoms with Gasteiger partial charge in [-0.25, -0.2) is 0 Å². The third-order valence-corrected chi connectivity index (χ3v) is 7.24. The number of rotatable bonds is 6. The Labute approximate surface area is 209 Å². The second-order valence-corrected chi connectivity index (χ2v) is 10.1. The summed E-state index contributed by atoms with van der Waals surface area (Å²) >= 11 is 3.47. The molecular weight excluding hydrogens is 531 g/mol. The summed E-state index contributed by atoms with van der Waals surface area (Å²) in [6, 6.07) is 4.32. The lowest BCUT2D eigenvalue weighted by Crippen LogP contribution is -2.63. The van der Waals surface area contributed by atoms with E-state index in [1.54, 1.807) is 4.68 Å². The van der Waals surface area contributed by atoms with Crippen molar-refractivity contribution in [3.05, 3.63) is 51.8 Å². The van der Waals surface area contributed by atoms with E-state index in [2.05, 4.69) is 36.6 Å². The van der Waals surface area contributed by atoms with Crippen molar-refractivity contribution in [3.63, 3.8) is 0 Å². The number of nitrogens with zero attached hydrogens (tertiary/aromatic N) is 3. The summed E-state index contributed by atoms with van der Waals surface area (Å²) in [4.78, 5) is 26.6. The fraction of sp³-hybridized carbons (Fsp3) is 0.522. The van der Waals surface area contributed by atoms with Crippen molar-refractivity contribution in [2.24, 2.45) is 7.05 Å². The maximum absolute atomic E-state index is 12.8. The molecule has 0 bridgehead atoms. The lowest BCUT2D eigenvalue weighted by Gasteiger charge is -2.48. The number of amides is 2. The molecule has 2 fully saturated rings. The summed E-state index contributed by atoms with van der Waals surface area (Å²) in [5, 5.41) is 20.7. The first-order valence-corrected chi connectivity index (χ1v) is 12.1. The highest BCUT2D eigenvalue weighted by atomic mass is 79.9. The van der Waals surface area contributed by atoms with Crippen LogP contribution in [0, 0.1) is 0 Å². The van der Waals surface area contributed by atoms with Gasteiger partial charge in [0.05, 0.1) is 22.6 Å². The van der Waals surface area contributed by atoms with Gasteiger partial charge in [-0.15, -0.1) is 0 Å². The molecule has 1 saturated carbocycles. The van der Waals surface area contributed by atoms with Crippen LogP contribution in [0.5, 0.6) is 0 Å². The van der Waals surface area contributed by atoms with Gasteiger partial charge in [0, 0.05) is 37.9 Å². The van der Waals surface area contributed by atoms with Crippen LogP contribution in [0.15, 0.2) is 34.9 Å². The van der Waals surface area contributed by atoms with E-state index in [1.165, 1.54) is 6.07 Å². The highest BCUT2D eigenvalue weighted by Crippen LogP contribution is 2.41. The zero-order chi connectivity index (χ0) is 25.4. The van der Waals surface area contributed by atoms with Crippen molar-refractivity contribution in [1.29, 1.82) is 0 Å². The van der Waals surface area contributed by atoms with Gasteiger partial charge in [0.1, 0.15) is 11.3 Å². The molecule has 1 aromatic carbocycles. The number of carbonyl (C=O) groups is 2. The first kappa shape index (κ1) is 25.6. The molecule has 2 amide bonds. The molecule has 1 saturated heterocycles. The Bertz CT molecular complexity index is 1090. The molecule has 2 aliphatic rings. The molecule has 1 aliphatic heterocycles. The number of aryl methyl sites for hydroxylation is 1. The number of alkyl halides is 3. The van der Waals surface area contributed by atoms with Crippen molar-refractivity contribution in [1.82, 2.24) is 25.3 Å². The van der Waals surface area contributed by atoms with Gasteiger partial charge in [0.25, 0.3) is 5.91 Å². The minimum absolute atomic E-state index is 0.0568. The standard InChI is InChI=1S/C23H27BrF3N5O3/c1-31-13-18(24)20(30-31)22(35)7-5-17(6-8-22)32-11-16(12-32)29-19(33)10-28-21(34)14-3-2-4-15(9-14)23(25,26)27/h2-4,9,13,16-17,35H,5-8,10-12H2,1H3,(H,28,34)(H,29,33)/t17-,22-. The van der Waals surface area contributed by atoms with Crippen molar-refractivity contribution < 1.29 is 27.9 Å². The molecule has 0 spiro atoms. The number of halogens is 4. The summed E-state index contributed by atoms with van der Waals surface area (Å²) < 4.78 is 40.9. The Morgan fingerprint density at radius 1 is 1.26 bits per heavy atom. The van der Waals surface area contributed by atoms with Crippen LogP contribution in [0.2, 0.25) is 0 Å². The van der Waals surface area contributed by atoms with Gasteiger partial charge < -0.3 is 15.7 Å². The van der Waals surface area contributed by atoms with Crippen LogP contribution in [0.3, 0.4) is 0 Å². The fourth-order valence-electron chi connectivity index (χ4n) is 4.74. The molecule has 1 aromatic heterocycles. The van der Waals surface area contributed by atoms with Gasteiger partial charge in [-0.3, -0.25) is 19.2 Å². The number of hydrogen-bond donors (Lipinski definition) is 3. The number of hydrogen-bond acceptors (Lipinski definition) is 5. The van der Waals surface area contributed by atoms with E-state index in [-0.39, 0.29) is 18.2 Å². The normalized spacial score (nSPS) is 23.5. The highest BCUT2D eigenvalue weighted by Gasteiger charge is 2.42. The van der Waals surface area contributed by atoms with E-state index in [1.807, 2.05) is 13.2 Å². The van der Waals surface area contributed by atoms with Crippen LogP contribution in [0.25, 0.3) is 0 Å². The van der Waals surface area contributed by atoms with Gasteiger partial charge in [-0.1, -0.05) is 6.07 Å². The number of nitrogens with one attached hydrogen (secondary N) is 2. The molecule has 0 unspecified atom stereocenters. The Balaban J connectivity index is 1.18. The minimum atomic E-state index is -4.55. The van der Waals surface area contributed by atoms with Crippen molar-refractivity contribution in [2.75, 3.05) is 19.6 Å². The molecule has 2 heterocycles. The monoisotopic (exact) mass is 557 g/mol. The number of aliphatic hydroxyl groups is 1. The van der Waals surface area contributed by atoms with E-state index in [0.29, 0.717) is 37.7 Å². The molecule has 35 heavy (non-hydrogen) atoms. The Kier molecular flexibility index (Phi) is 7.26. The topological polar surface area (TPSA) is 99.5 Å². The van der Waals surface area contributed by atoms with Crippen LogP contribution < -0.4 is 10.6 Å². The highest BCUT2D eigenvalue weighted by molar-refractivity contribution is 9.10. The predicted molar refractivity (Wildman–Crippen MR) is 124 cm³/mol. The third kappa shape index (κ3) is 5.87. The van der Waals surface area contributed by atoms with Gasteiger partial charge in [-0.05, 0) is 59.8 Å². The van der Waals surface area contributed by atoms with Gasteiger partial charge in [-0.2, -0.15) is 18.3 Å². The van der Waals surface area contributed by atoms with E-state index in [0.717, 1.165) is 35.5 Å². The van der Waals surface area contributed by atoms with E-state index < -0.39 is 29.2 Å². The van der Waals surface area contributed by atoms with Crippen molar-refractivity contribution in [2.45, 2.75) is 49.5 Å². The van der Waals surface area contributed by atoms with Gasteiger partial charge in [0.2, 0.25) is 5.91 Å². The van der Waals surface area contributed by atoms with Crippen LogP contribution in [-0.2, 0) is 23.6 Å². The largest absolute Gasteiger partial charge is 0.416 e. The number of benzene rings is 1. The third-order valence-electron chi connectivity index (χ3n) is 6.66. The maximum atomic E-state index is 12.8. The SMILES string of the molecule is Cn1cc(Br)c([C@]2(O)CC[C@H](N3CC(NC(=O)CNC(=O)c4cccc(C(F)(F)F)c4)C3)CC2)n1. The molecule has 4 rings (SSSR count). The lowest BCUT2D eigenvalue weighted by molar-refractivity contribution is -0.137. The van der Waals surface area contributed by atoms with Gasteiger partial charge in [0.15, 0.2) is 0 Å². The summed E-state index contributed by atoms with van der Waals surface area (Å²) in [7, 11) is 1.81. The van der Waals surface area contributed by atoms with E-state index >= 15 is 0 Å². The molecule has 1 aliphatic carbocycles. The molecule has 190 valence electrons. The van der Waals surface area contributed by atoms with Crippen molar-refractivity contribution in [3.8, 4) is 0 Å². The quantitative estimate of drug-likeness (QED) is 0.507. The van der Waals surface area contributed by atoms with Crippen molar-refractivity contribution >= 4 is 27.7 Å². The lowest BCUT2D eigenvalue weighted by atomic mass is 9.79. The molecule has 12 heteroatoms. The summed E-state index contributed by atoms with van der Waals surface area (Å²) in [5.74, 6) is -1.14. The zero-order valence-electron chi connectivity index (χ0n) is 19.1. The summed E-state index contributed by atoms with van der Waals surface area (Å²) in [6.45, 7) is 1.02. The predicted octanol–water partition coefficient (Wildman–Crippen LogP) is 2.56. The van der Waals surface area contributed by atoms with Crippen LogP contribution >= 0.6 is 15.9 Å². The molecule has 2 aromatic rings.